The third-order valence-corrected chi connectivity index (χ3v) is 6.25. The predicted octanol–water partition coefficient (Wildman–Crippen LogP) is 3.03. The lowest BCUT2D eigenvalue weighted by molar-refractivity contribution is -0.120. The average Bonchev–Trinajstić information content (AvgIpc) is 3.43. The molecule has 1 aliphatic heterocycles. The highest BCUT2D eigenvalue weighted by Gasteiger charge is 2.26. The number of carbonyl (C=O) groups excluding carboxylic acids is 1. The van der Waals surface area contributed by atoms with Gasteiger partial charge in [-0.15, -0.1) is 26.6 Å². The van der Waals surface area contributed by atoms with Gasteiger partial charge >= 0.3 is 0 Å². The van der Waals surface area contributed by atoms with Crippen LogP contribution in [0.4, 0.5) is 10.9 Å². The summed E-state index contributed by atoms with van der Waals surface area (Å²) in [5, 5.41) is 16.1. The second-order valence-electron chi connectivity index (χ2n) is 7.37. The second kappa shape index (κ2) is 8.19. The van der Waals surface area contributed by atoms with Crippen molar-refractivity contribution in [2.75, 3.05) is 23.3 Å². The van der Waals surface area contributed by atoms with E-state index in [1.54, 1.807) is 22.2 Å². The van der Waals surface area contributed by atoms with Crippen LogP contribution in [0, 0.1) is 5.92 Å². The summed E-state index contributed by atoms with van der Waals surface area (Å²) in [6, 6.07) is 14.1. The van der Waals surface area contributed by atoms with Gasteiger partial charge in [-0.1, -0.05) is 30.3 Å². The van der Waals surface area contributed by atoms with Crippen molar-refractivity contribution in [1.29, 1.82) is 0 Å². The van der Waals surface area contributed by atoms with E-state index in [0.29, 0.717) is 5.13 Å². The van der Waals surface area contributed by atoms with E-state index >= 15 is 0 Å². The molecule has 0 bridgehead atoms. The van der Waals surface area contributed by atoms with Crippen molar-refractivity contribution in [3.8, 4) is 0 Å². The molecule has 1 N–H and O–H groups in total. The molecule has 1 saturated heterocycles. The number of hydrogen-bond acceptors (Lipinski definition) is 7. The highest BCUT2D eigenvalue weighted by molar-refractivity contribution is 7.15. The molecule has 30 heavy (non-hydrogen) atoms. The highest BCUT2D eigenvalue weighted by Crippen LogP contribution is 2.25. The van der Waals surface area contributed by atoms with Crippen molar-refractivity contribution in [2.24, 2.45) is 5.92 Å². The Balaban J connectivity index is 1.16. The summed E-state index contributed by atoms with van der Waals surface area (Å²) >= 11 is 1.54. The van der Waals surface area contributed by atoms with E-state index in [0.717, 1.165) is 48.7 Å². The van der Waals surface area contributed by atoms with Crippen LogP contribution in [-0.4, -0.2) is 43.8 Å². The number of amides is 1. The number of nitrogens with one attached hydrogen (secondary N) is 1. The van der Waals surface area contributed by atoms with Crippen molar-refractivity contribution in [3.63, 3.8) is 0 Å². The van der Waals surface area contributed by atoms with Crippen LogP contribution in [0.1, 0.15) is 23.3 Å². The van der Waals surface area contributed by atoms with Crippen molar-refractivity contribution in [3.05, 3.63) is 65.4 Å². The topological polar surface area (TPSA) is 88.3 Å². The lowest BCUT2D eigenvalue weighted by Gasteiger charge is -2.31. The molecule has 4 aromatic rings. The van der Waals surface area contributed by atoms with Crippen molar-refractivity contribution in [2.45, 2.75) is 19.3 Å². The first-order chi connectivity index (χ1) is 14.7. The van der Waals surface area contributed by atoms with Gasteiger partial charge in [-0.2, -0.15) is 4.52 Å². The number of carbonyl (C=O) groups is 1. The minimum absolute atomic E-state index is 0.0126. The van der Waals surface area contributed by atoms with E-state index in [9.17, 15) is 4.79 Å². The zero-order valence-electron chi connectivity index (χ0n) is 16.3. The number of piperidine rings is 1. The normalized spacial score (nSPS) is 14.9. The summed E-state index contributed by atoms with van der Waals surface area (Å²) in [6.45, 7) is 1.58. The summed E-state index contributed by atoms with van der Waals surface area (Å²) in [7, 11) is 0. The first-order valence-electron chi connectivity index (χ1n) is 9.96. The zero-order chi connectivity index (χ0) is 20.3. The molecular formula is C21H21N7OS. The number of benzene rings is 1. The largest absolute Gasteiger partial charge is 0.355 e. The molecule has 0 spiro atoms. The van der Waals surface area contributed by atoms with Crippen molar-refractivity contribution in [1.82, 2.24) is 24.8 Å². The van der Waals surface area contributed by atoms with Crippen LogP contribution in [0.5, 0.6) is 0 Å². The maximum Gasteiger partial charge on any atom is 0.229 e. The monoisotopic (exact) mass is 419 g/mol. The molecule has 3 aromatic heterocycles. The second-order valence-corrected chi connectivity index (χ2v) is 8.49. The van der Waals surface area contributed by atoms with Crippen LogP contribution in [0.25, 0.3) is 5.65 Å². The fraction of sp³-hybridized carbons (Fsp3) is 0.286. The number of anilines is 2. The number of aromatic nitrogens is 5. The maximum absolute atomic E-state index is 12.7. The standard InChI is InChI=1S/C21H21N7OS/c29-20(24-21-22-13-17(30-21)12-15-4-2-1-3-5-15)16-8-10-27(11-9-16)19-7-6-18-25-23-14-28(18)26-19/h1-7,13-14,16H,8-12H2,(H,22,24,29). The van der Waals surface area contributed by atoms with E-state index in [1.165, 1.54) is 5.56 Å². The first kappa shape index (κ1) is 18.7. The molecule has 1 amide bonds. The maximum atomic E-state index is 12.7. The molecule has 9 heteroatoms. The van der Waals surface area contributed by atoms with Crippen LogP contribution in [0.15, 0.2) is 55.0 Å². The Kier molecular flexibility index (Phi) is 5.10. The molecule has 0 unspecified atom stereocenters. The molecule has 1 aromatic carbocycles. The molecule has 0 radical (unpaired) electrons. The number of rotatable bonds is 5. The minimum Gasteiger partial charge on any atom is -0.355 e. The summed E-state index contributed by atoms with van der Waals surface area (Å²) in [5.74, 6) is 0.922. The fourth-order valence-electron chi connectivity index (χ4n) is 3.71. The molecule has 1 fully saturated rings. The average molecular weight is 420 g/mol. The van der Waals surface area contributed by atoms with Gasteiger partial charge in [0.15, 0.2) is 10.8 Å². The minimum atomic E-state index is -0.0126. The van der Waals surface area contributed by atoms with Crippen LogP contribution >= 0.6 is 11.3 Å². The number of thiazole rings is 1. The lowest BCUT2D eigenvalue weighted by Crippen LogP contribution is -2.38. The third kappa shape index (κ3) is 4.02. The van der Waals surface area contributed by atoms with Gasteiger partial charge in [-0.3, -0.25) is 4.79 Å². The smallest absolute Gasteiger partial charge is 0.229 e. The number of hydrogen-bond donors (Lipinski definition) is 1. The molecule has 0 atom stereocenters. The zero-order valence-corrected chi connectivity index (χ0v) is 17.1. The number of fused-ring (bicyclic) bond motifs is 1. The van der Waals surface area contributed by atoms with Crippen molar-refractivity contribution < 1.29 is 4.79 Å². The third-order valence-electron chi connectivity index (χ3n) is 5.34. The fourth-order valence-corrected chi connectivity index (χ4v) is 4.56. The molecule has 5 rings (SSSR count). The van der Waals surface area contributed by atoms with Gasteiger partial charge in [-0.05, 0) is 30.5 Å². The van der Waals surface area contributed by atoms with Crippen LogP contribution in [0.3, 0.4) is 0 Å². The van der Waals surface area contributed by atoms with Crippen LogP contribution in [-0.2, 0) is 11.2 Å². The van der Waals surface area contributed by atoms with Gasteiger partial charge in [0.05, 0.1) is 0 Å². The Morgan fingerprint density at radius 2 is 1.97 bits per heavy atom. The van der Waals surface area contributed by atoms with E-state index in [4.69, 9.17) is 0 Å². The van der Waals surface area contributed by atoms with Gasteiger partial charge in [0.1, 0.15) is 12.1 Å². The number of nitrogens with zero attached hydrogens (tertiary/aromatic N) is 6. The summed E-state index contributed by atoms with van der Waals surface area (Å²) in [4.78, 5) is 20.4. The Bertz CT molecular complexity index is 1150. The molecule has 4 heterocycles. The van der Waals surface area contributed by atoms with Crippen LogP contribution in [0.2, 0.25) is 0 Å². The van der Waals surface area contributed by atoms with E-state index in [2.05, 4.69) is 42.6 Å². The van der Waals surface area contributed by atoms with E-state index in [-0.39, 0.29) is 11.8 Å². The van der Waals surface area contributed by atoms with Gasteiger partial charge in [-0.25, -0.2) is 4.98 Å². The summed E-state index contributed by atoms with van der Waals surface area (Å²) in [6.07, 6.45) is 5.85. The van der Waals surface area contributed by atoms with Gasteiger partial charge in [0.25, 0.3) is 0 Å². The van der Waals surface area contributed by atoms with Gasteiger partial charge in [0, 0.05) is 36.5 Å². The summed E-state index contributed by atoms with van der Waals surface area (Å²) < 4.78 is 1.67. The molecule has 0 saturated carbocycles. The first-order valence-corrected chi connectivity index (χ1v) is 10.8. The van der Waals surface area contributed by atoms with Gasteiger partial charge in [0.2, 0.25) is 5.91 Å². The Labute approximate surface area is 177 Å². The van der Waals surface area contributed by atoms with Crippen LogP contribution < -0.4 is 10.2 Å². The Hall–Kier alpha value is -3.33. The molecular weight excluding hydrogens is 398 g/mol. The Morgan fingerprint density at radius 1 is 1.13 bits per heavy atom. The molecule has 8 nitrogen and oxygen atoms in total. The lowest BCUT2D eigenvalue weighted by atomic mass is 9.96. The van der Waals surface area contributed by atoms with E-state index < -0.39 is 0 Å². The summed E-state index contributed by atoms with van der Waals surface area (Å²) in [5.41, 5.74) is 1.97. The molecule has 1 aliphatic rings. The van der Waals surface area contributed by atoms with Gasteiger partial charge < -0.3 is 10.2 Å². The SMILES string of the molecule is O=C(Nc1ncc(Cc2ccccc2)s1)C1CCN(c2ccc3nncn3n2)CC1. The highest BCUT2D eigenvalue weighted by atomic mass is 32.1. The van der Waals surface area contributed by atoms with E-state index in [1.807, 2.05) is 36.5 Å². The predicted molar refractivity (Wildman–Crippen MR) is 116 cm³/mol. The molecule has 152 valence electrons. The quantitative estimate of drug-likeness (QED) is 0.535. The Morgan fingerprint density at radius 3 is 2.80 bits per heavy atom. The molecule has 0 aliphatic carbocycles. The van der Waals surface area contributed by atoms with Crippen molar-refractivity contribution >= 4 is 33.8 Å².